The summed E-state index contributed by atoms with van der Waals surface area (Å²) < 4.78 is 5.82. The number of nitrogens with one attached hydrogen (secondary N) is 1. The van der Waals surface area contributed by atoms with Crippen molar-refractivity contribution < 1.29 is 4.74 Å². The molecule has 2 nitrogen and oxygen atoms in total. The van der Waals surface area contributed by atoms with Crippen LogP contribution in [0, 0.1) is 0 Å². The number of hydrogen-bond acceptors (Lipinski definition) is 2. The van der Waals surface area contributed by atoms with Crippen LogP contribution in [0.25, 0.3) is 0 Å². The van der Waals surface area contributed by atoms with Gasteiger partial charge < -0.3 is 10.1 Å². The van der Waals surface area contributed by atoms with Crippen LogP contribution in [0.1, 0.15) is 23.6 Å². The minimum Gasteiger partial charge on any atom is -0.486 e. The summed E-state index contributed by atoms with van der Waals surface area (Å²) in [5, 5.41) is 5.46. The maximum atomic E-state index is 6.41. The molecule has 0 bridgehead atoms. The quantitative estimate of drug-likeness (QED) is 0.389. The van der Waals surface area contributed by atoms with E-state index in [4.69, 9.17) is 51.1 Å². The molecule has 0 aliphatic heterocycles. The molecule has 0 atom stereocenters. The highest BCUT2D eigenvalue weighted by Crippen LogP contribution is 2.35. The van der Waals surface area contributed by atoms with E-state index in [9.17, 15) is 0 Å². The van der Waals surface area contributed by atoms with Gasteiger partial charge in [0, 0.05) is 27.8 Å². The Balaban J connectivity index is 1.70. The Morgan fingerprint density at radius 3 is 2.21 bits per heavy atom. The topological polar surface area (TPSA) is 21.3 Å². The van der Waals surface area contributed by atoms with E-state index < -0.39 is 0 Å². The summed E-state index contributed by atoms with van der Waals surface area (Å²) in [6, 6.07) is 17.2. The van der Waals surface area contributed by atoms with Crippen LogP contribution in [0.5, 0.6) is 5.75 Å². The van der Waals surface area contributed by atoms with Gasteiger partial charge in [0.2, 0.25) is 0 Å². The Kier molecular flexibility index (Phi) is 7.36. The van der Waals surface area contributed by atoms with Crippen molar-refractivity contribution in [2.45, 2.75) is 26.5 Å². The molecule has 3 aromatic carbocycles. The van der Waals surface area contributed by atoms with Crippen molar-refractivity contribution in [1.29, 1.82) is 0 Å². The molecule has 0 aliphatic rings. The largest absolute Gasteiger partial charge is 0.486 e. The molecule has 0 aliphatic carbocycles. The molecule has 3 rings (SSSR count). The van der Waals surface area contributed by atoms with Crippen molar-refractivity contribution in [3.8, 4) is 5.75 Å². The molecule has 0 fully saturated rings. The zero-order valence-corrected chi connectivity index (χ0v) is 18.3. The van der Waals surface area contributed by atoms with Crippen molar-refractivity contribution >= 4 is 52.1 Å². The summed E-state index contributed by atoms with van der Waals surface area (Å²) in [5.41, 5.74) is 4.15. The van der Waals surface area contributed by atoms with E-state index in [0.717, 1.165) is 23.2 Å². The van der Waals surface area contributed by atoms with Crippen LogP contribution < -0.4 is 10.1 Å². The lowest BCUT2D eigenvalue weighted by Gasteiger charge is -2.14. The monoisotopic (exact) mass is 453 g/mol. The molecule has 6 heteroatoms. The van der Waals surface area contributed by atoms with Crippen LogP contribution in [0.2, 0.25) is 20.1 Å². The Labute approximate surface area is 185 Å². The van der Waals surface area contributed by atoms with Crippen molar-refractivity contribution in [1.82, 2.24) is 0 Å². The maximum absolute atomic E-state index is 6.41. The second kappa shape index (κ2) is 9.76. The first-order valence-electron chi connectivity index (χ1n) is 8.84. The third-order valence-corrected chi connectivity index (χ3v) is 5.47. The molecular formula is C22H19Cl4NO. The number of rotatable bonds is 7. The molecule has 0 amide bonds. The smallest absolute Gasteiger partial charge is 0.156 e. The first-order chi connectivity index (χ1) is 13.5. The second-order valence-electron chi connectivity index (χ2n) is 6.28. The molecule has 146 valence electrons. The van der Waals surface area contributed by atoms with Gasteiger partial charge in [-0.1, -0.05) is 77.6 Å². The normalized spacial score (nSPS) is 10.8. The van der Waals surface area contributed by atoms with Crippen LogP contribution in [0.15, 0.2) is 54.6 Å². The fourth-order valence-corrected chi connectivity index (χ4v) is 3.94. The maximum Gasteiger partial charge on any atom is 0.156 e. The molecule has 0 heterocycles. The highest BCUT2D eigenvalue weighted by Gasteiger charge is 2.12. The van der Waals surface area contributed by atoms with E-state index in [1.165, 1.54) is 5.56 Å². The molecule has 0 saturated carbocycles. The average Bonchev–Trinajstić information content (AvgIpc) is 2.67. The summed E-state index contributed by atoms with van der Waals surface area (Å²) in [4.78, 5) is 0. The Bertz CT molecular complexity index is 951. The van der Waals surface area contributed by atoms with Gasteiger partial charge >= 0.3 is 0 Å². The average molecular weight is 455 g/mol. The number of hydrogen-bond donors (Lipinski definition) is 1. The number of ether oxygens (including phenoxy) is 1. The zero-order valence-electron chi connectivity index (χ0n) is 15.2. The van der Waals surface area contributed by atoms with E-state index in [1.807, 2.05) is 30.3 Å². The summed E-state index contributed by atoms with van der Waals surface area (Å²) in [6.07, 6.45) is 0.963. The van der Waals surface area contributed by atoms with Gasteiger partial charge in [0.05, 0.1) is 10.0 Å². The highest BCUT2D eigenvalue weighted by atomic mass is 35.5. The standard InChI is InChI=1S/C22H19Cl4NO/c1-2-15-5-3-4-6-21(15)27-12-14-9-19(25)22(20(26)10-14)28-13-16-7-8-17(23)11-18(16)24/h3-11,27H,2,12-13H2,1H3. The van der Waals surface area contributed by atoms with Gasteiger partial charge in [-0.2, -0.15) is 0 Å². The van der Waals surface area contributed by atoms with Crippen molar-refractivity contribution in [2.75, 3.05) is 5.32 Å². The van der Waals surface area contributed by atoms with Crippen LogP contribution in [0.3, 0.4) is 0 Å². The SMILES string of the molecule is CCc1ccccc1NCc1cc(Cl)c(OCc2ccc(Cl)cc2Cl)c(Cl)c1. The van der Waals surface area contributed by atoms with Crippen LogP contribution in [-0.4, -0.2) is 0 Å². The minimum atomic E-state index is 0.247. The van der Waals surface area contributed by atoms with Crippen LogP contribution in [-0.2, 0) is 19.6 Å². The van der Waals surface area contributed by atoms with Crippen LogP contribution in [0.4, 0.5) is 5.69 Å². The highest BCUT2D eigenvalue weighted by molar-refractivity contribution is 6.37. The molecule has 0 saturated heterocycles. The summed E-state index contributed by atoms with van der Waals surface area (Å²) in [6.45, 7) is 2.99. The molecule has 28 heavy (non-hydrogen) atoms. The third-order valence-electron chi connectivity index (χ3n) is 4.33. The number of para-hydroxylation sites is 1. The van der Waals surface area contributed by atoms with Gasteiger partial charge in [-0.3, -0.25) is 0 Å². The van der Waals surface area contributed by atoms with Crippen molar-refractivity contribution in [3.63, 3.8) is 0 Å². The summed E-state index contributed by atoms with van der Waals surface area (Å²) in [7, 11) is 0. The number of aryl methyl sites for hydroxylation is 1. The lowest BCUT2D eigenvalue weighted by Crippen LogP contribution is -2.03. The predicted molar refractivity (Wildman–Crippen MR) is 120 cm³/mol. The fourth-order valence-electron chi connectivity index (χ4n) is 2.84. The lowest BCUT2D eigenvalue weighted by molar-refractivity contribution is 0.306. The van der Waals surface area contributed by atoms with E-state index in [2.05, 4.69) is 24.4 Å². The van der Waals surface area contributed by atoms with Crippen LogP contribution >= 0.6 is 46.4 Å². The molecule has 3 aromatic rings. The Hall–Kier alpha value is -1.58. The Morgan fingerprint density at radius 2 is 1.54 bits per heavy atom. The van der Waals surface area contributed by atoms with Gasteiger partial charge in [-0.15, -0.1) is 0 Å². The molecule has 1 N–H and O–H groups in total. The lowest BCUT2D eigenvalue weighted by atomic mass is 10.1. The van der Waals surface area contributed by atoms with Crippen molar-refractivity contribution in [2.24, 2.45) is 0 Å². The van der Waals surface area contributed by atoms with Gasteiger partial charge in [0.15, 0.2) is 5.75 Å². The first kappa shape index (κ1) is 21.1. The van der Waals surface area contributed by atoms with Gasteiger partial charge in [0.1, 0.15) is 6.61 Å². The minimum absolute atomic E-state index is 0.247. The molecule has 0 spiro atoms. The van der Waals surface area contributed by atoms with E-state index in [0.29, 0.717) is 32.4 Å². The van der Waals surface area contributed by atoms with Gasteiger partial charge in [-0.25, -0.2) is 0 Å². The molecular weight excluding hydrogens is 436 g/mol. The molecule has 0 aromatic heterocycles. The summed E-state index contributed by atoms with van der Waals surface area (Å²) in [5.74, 6) is 0.437. The van der Waals surface area contributed by atoms with E-state index in [1.54, 1.807) is 12.1 Å². The van der Waals surface area contributed by atoms with Crippen molar-refractivity contribution in [3.05, 3.63) is 91.4 Å². The zero-order chi connectivity index (χ0) is 20.1. The number of benzene rings is 3. The van der Waals surface area contributed by atoms with E-state index >= 15 is 0 Å². The number of halogens is 4. The summed E-state index contributed by atoms with van der Waals surface area (Å²) >= 11 is 24.9. The first-order valence-corrected chi connectivity index (χ1v) is 10.4. The molecule has 0 unspecified atom stereocenters. The third kappa shape index (κ3) is 5.27. The van der Waals surface area contributed by atoms with E-state index in [-0.39, 0.29) is 6.61 Å². The fraction of sp³-hybridized carbons (Fsp3) is 0.182. The molecule has 0 radical (unpaired) electrons. The Morgan fingerprint density at radius 1 is 0.821 bits per heavy atom. The predicted octanol–water partition coefficient (Wildman–Crippen LogP) is 8.05. The second-order valence-corrected chi connectivity index (χ2v) is 7.94. The van der Waals surface area contributed by atoms with Gasteiger partial charge in [0.25, 0.3) is 0 Å². The number of anilines is 1. The van der Waals surface area contributed by atoms with Gasteiger partial charge in [-0.05, 0) is 47.9 Å².